The van der Waals surface area contributed by atoms with E-state index in [4.69, 9.17) is 4.74 Å². The van der Waals surface area contributed by atoms with E-state index in [9.17, 15) is 9.59 Å². The van der Waals surface area contributed by atoms with E-state index < -0.39 is 0 Å². The number of methoxy groups -OCH3 is 1. The zero-order chi connectivity index (χ0) is 20.1. The van der Waals surface area contributed by atoms with Gasteiger partial charge in [-0.05, 0) is 50.0 Å². The maximum Gasteiger partial charge on any atom is 0.277 e. The van der Waals surface area contributed by atoms with Gasteiger partial charge in [0.25, 0.3) is 11.8 Å². The molecule has 3 rings (SSSR count). The molecule has 1 atom stereocenters. The minimum Gasteiger partial charge on any atom is -0.496 e. The molecule has 1 fully saturated rings. The van der Waals surface area contributed by atoms with Crippen LogP contribution in [0.25, 0.3) is 0 Å². The summed E-state index contributed by atoms with van der Waals surface area (Å²) in [5.74, 6) is 0.359. The topological polar surface area (TPSA) is 101 Å². The molecule has 2 N–H and O–H groups in total. The highest BCUT2D eigenvalue weighted by atomic mass is 16.5. The molecule has 28 heavy (non-hydrogen) atoms. The maximum absolute atomic E-state index is 12.5. The molecule has 1 aliphatic heterocycles. The molecule has 0 radical (unpaired) electrons. The highest BCUT2D eigenvalue weighted by molar-refractivity contribution is 6.04. The molecule has 0 saturated carbocycles. The third-order valence-corrected chi connectivity index (χ3v) is 4.71. The van der Waals surface area contributed by atoms with Crippen LogP contribution in [-0.2, 0) is 6.54 Å². The SMILES string of the molecule is COc1ccc(NC(=O)c2cn(CC3CCCNC3)nn2)cc1C(=O)N(C)C. The van der Waals surface area contributed by atoms with Gasteiger partial charge in [0.2, 0.25) is 0 Å². The fourth-order valence-corrected chi connectivity index (χ4v) is 3.22. The lowest BCUT2D eigenvalue weighted by Crippen LogP contribution is -2.32. The summed E-state index contributed by atoms with van der Waals surface area (Å²) >= 11 is 0. The Morgan fingerprint density at radius 1 is 1.39 bits per heavy atom. The number of ether oxygens (including phenoxy) is 1. The number of anilines is 1. The molecular weight excluding hydrogens is 360 g/mol. The Balaban J connectivity index is 1.69. The van der Waals surface area contributed by atoms with Crippen LogP contribution in [0.3, 0.4) is 0 Å². The minimum absolute atomic E-state index is 0.208. The summed E-state index contributed by atoms with van der Waals surface area (Å²) in [5.41, 5.74) is 1.10. The van der Waals surface area contributed by atoms with Gasteiger partial charge in [0.05, 0.1) is 18.9 Å². The average molecular weight is 386 g/mol. The summed E-state index contributed by atoms with van der Waals surface area (Å²) in [6, 6.07) is 4.93. The maximum atomic E-state index is 12.5. The lowest BCUT2D eigenvalue weighted by atomic mass is 10.00. The molecule has 9 heteroatoms. The fraction of sp³-hybridized carbons (Fsp3) is 0.474. The summed E-state index contributed by atoms with van der Waals surface area (Å²) in [7, 11) is 4.82. The smallest absolute Gasteiger partial charge is 0.277 e. The first-order valence-corrected chi connectivity index (χ1v) is 9.30. The van der Waals surface area contributed by atoms with Crippen LogP contribution in [0.5, 0.6) is 5.75 Å². The molecule has 1 aromatic carbocycles. The van der Waals surface area contributed by atoms with Crippen molar-refractivity contribution in [3.63, 3.8) is 0 Å². The molecule has 0 aliphatic carbocycles. The minimum atomic E-state index is -0.374. The molecule has 1 aromatic heterocycles. The molecule has 2 heterocycles. The van der Waals surface area contributed by atoms with Crippen LogP contribution in [0.15, 0.2) is 24.4 Å². The highest BCUT2D eigenvalue weighted by Crippen LogP contribution is 2.24. The van der Waals surface area contributed by atoms with Crippen molar-refractivity contribution in [2.45, 2.75) is 19.4 Å². The first-order valence-electron chi connectivity index (χ1n) is 9.30. The number of hydrogen-bond acceptors (Lipinski definition) is 6. The summed E-state index contributed by atoms with van der Waals surface area (Å²) in [5, 5.41) is 14.2. The third-order valence-electron chi connectivity index (χ3n) is 4.71. The molecule has 150 valence electrons. The van der Waals surface area contributed by atoms with E-state index in [-0.39, 0.29) is 17.5 Å². The van der Waals surface area contributed by atoms with Crippen LogP contribution in [0.4, 0.5) is 5.69 Å². The van der Waals surface area contributed by atoms with Crippen molar-refractivity contribution < 1.29 is 14.3 Å². The van der Waals surface area contributed by atoms with Crippen LogP contribution in [0, 0.1) is 5.92 Å². The van der Waals surface area contributed by atoms with Crippen molar-refractivity contribution in [2.75, 3.05) is 39.6 Å². The number of amides is 2. The van der Waals surface area contributed by atoms with Crippen LogP contribution in [-0.4, -0.2) is 66.0 Å². The number of aromatic nitrogens is 3. The van der Waals surface area contributed by atoms with E-state index >= 15 is 0 Å². The second-order valence-corrected chi connectivity index (χ2v) is 7.11. The predicted molar refractivity (Wildman–Crippen MR) is 105 cm³/mol. The largest absolute Gasteiger partial charge is 0.496 e. The number of hydrogen-bond donors (Lipinski definition) is 2. The molecule has 0 spiro atoms. The van der Waals surface area contributed by atoms with Gasteiger partial charge in [-0.3, -0.25) is 14.3 Å². The van der Waals surface area contributed by atoms with Crippen molar-refractivity contribution in [3.05, 3.63) is 35.7 Å². The molecule has 0 bridgehead atoms. The number of carbonyl (C=O) groups is 2. The summed E-state index contributed by atoms with van der Waals surface area (Å²) in [4.78, 5) is 26.3. The van der Waals surface area contributed by atoms with Gasteiger partial charge in [-0.1, -0.05) is 5.21 Å². The van der Waals surface area contributed by atoms with Gasteiger partial charge in [0.15, 0.2) is 5.69 Å². The Labute approximate surface area is 164 Å². The third kappa shape index (κ3) is 4.66. The van der Waals surface area contributed by atoms with Crippen molar-refractivity contribution in [1.82, 2.24) is 25.2 Å². The lowest BCUT2D eigenvalue weighted by Gasteiger charge is -2.22. The first-order chi connectivity index (χ1) is 13.5. The second kappa shape index (κ2) is 8.83. The summed E-state index contributed by atoms with van der Waals surface area (Å²) in [6.45, 7) is 2.74. The second-order valence-electron chi connectivity index (χ2n) is 7.11. The Kier molecular flexibility index (Phi) is 6.25. The summed E-state index contributed by atoms with van der Waals surface area (Å²) < 4.78 is 6.96. The van der Waals surface area contributed by atoms with E-state index in [1.807, 2.05) is 0 Å². The van der Waals surface area contributed by atoms with Crippen molar-refractivity contribution >= 4 is 17.5 Å². The van der Waals surface area contributed by atoms with Crippen molar-refractivity contribution in [3.8, 4) is 5.75 Å². The van der Waals surface area contributed by atoms with Crippen molar-refractivity contribution in [1.29, 1.82) is 0 Å². The van der Waals surface area contributed by atoms with Gasteiger partial charge in [-0.25, -0.2) is 0 Å². The number of carbonyl (C=O) groups excluding carboxylic acids is 2. The highest BCUT2D eigenvalue weighted by Gasteiger charge is 2.18. The lowest BCUT2D eigenvalue weighted by molar-refractivity contribution is 0.0824. The normalized spacial score (nSPS) is 16.5. The van der Waals surface area contributed by atoms with Gasteiger partial charge in [0, 0.05) is 26.3 Å². The number of benzene rings is 1. The number of piperidine rings is 1. The standard InChI is InChI=1S/C19H26N6O3/c1-24(2)19(27)15-9-14(6-7-17(15)28-3)21-18(26)16-12-25(23-22-16)11-13-5-4-8-20-10-13/h6-7,9,12-13,20H,4-5,8,10-11H2,1-3H3,(H,21,26). The predicted octanol–water partition coefficient (Wildman–Crippen LogP) is 1.24. The Morgan fingerprint density at radius 3 is 2.89 bits per heavy atom. The van der Waals surface area contributed by atoms with Crippen LogP contribution >= 0.6 is 0 Å². The average Bonchev–Trinajstić information content (AvgIpc) is 3.16. The molecule has 2 amide bonds. The first kappa shape index (κ1) is 19.8. The van der Waals surface area contributed by atoms with E-state index in [2.05, 4.69) is 20.9 Å². The monoisotopic (exact) mass is 386 g/mol. The van der Waals surface area contributed by atoms with Gasteiger partial charge < -0.3 is 20.3 Å². The Bertz CT molecular complexity index is 842. The number of rotatable bonds is 6. The quantitative estimate of drug-likeness (QED) is 0.775. The van der Waals surface area contributed by atoms with E-state index in [0.717, 1.165) is 32.5 Å². The fourth-order valence-electron chi connectivity index (χ4n) is 3.22. The molecule has 1 aliphatic rings. The van der Waals surface area contributed by atoms with E-state index in [0.29, 0.717) is 22.9 Å². The molecule has 1 unspecified atom stereocenters. The van der Waals surface area contributed by atoms with E-state index in [1.165, 1.54) is 12.0 Å². The molecule has 9 nitrogen and oxygen atoms in total. The van der Waals surface area contributed by atoms with Crippen molar-refractivity contribution in [2.24, 2.45) is 5.92 Å². The van der Waals surface area contributed by atoms with Crippen LogP contribution in [0.2, 0.25) is 0 Å². The molecular formula is C19H26N6O3. The van der Waals surface area contributed by atoms with Gasteiger partial charge in [-0.15, -0.1) is 5.10 Å². The summed E-state index contributed by atoms with van der Waals surface area (Å²) in [6.07, 6.45) is 3.94. The van der Waals surface area contributed by atoms with E-state index in [1.54, 1.807) is 43.2 Å². The van der Waals surface area contributed by atoms with Gasteiger partial charge in [-0.2, -0.15) is 0 Å². The molecule has 1 saturated heterocycles. The number of nitrogens with zero attached hydrogens (tertiary/aromatic N) is 4. The zero-order valence-corrected chi connectivity index (χ0v) is 16.4. The number of nitrogens with one attached hydrogen (secondary N) is 2. The van der Waals surface area contributed by atoms with Crippen LogP contribution in [0.1, 0.15) is 33.7 Å². The van der Waals surface area contributed by atoms with Gasteiger partial charge >= 0.3 is 0 Å². The van der Waals surface area contributed by atoms with Crippen LogP contribution < -0.4 is 15.4 Å². The molecule has 2 aromatic rings. The zero-order valence-electron chi connectivity index (χ0n) is 16.4. The Morgan fingerprint density at radius 2 is 2.21 bits per heavy atom. The van der Waals surface area contributed by atoms with Gasteiger partial charge in [0.1, 0.15) is 5.75 Å². The Hall–Kier alpha value is -2.94.